The lowest BCUT2D eigenvalue weighted by Gasteiger charge is -2.29. The zero-order valence-corrected chi connectivity index (χ0v) is 28.7. The van der Waals surface area contributed by atoms with Crippen molar-refractivity contribution in [3.05, 3.63) is 59.8 Å². The summed E-state index contributed by atoms with van der Waals surface area (Å²) in [6.07, 6.45) is 8.51. The molecule has 1 aromatic carbocycles. The predicted molar refractivity (Wildman–Crippen MR) is 180 cm³/mol. The number of benzene rings is 1. The Morgan fingerprint density at radius 3 is 2.69 bits per heavy atom. The monoisotopic (exact) mass is 722 g/mol. The Kier molecular flexibility index (Phi) is 9.24. The van der Waals surface area contributed by atoms with Crippen molar-refractivity contribution in [3.63, 3.8) is 0 Å². The summed E-state index contributed by atoms with van der Waals surface area (Å²) >= 11 is 0. The number of para-hydroxylation sites is 1. The van der Waals surface area contributed by atoms with E-state index in [0.717, 1.165) is 12.8 Å². The second kappa shape index (κ2) is 13.7. The summed E-state index contributed by atoms with van der Waals surface area (Å²) < 4.78 is 48.6. The highest BCUT2D eigenvalue weighted by Gasteiger charge is 2.62. The van der Waals surface area contributed by atoms with Crippen molar-refractivity contribution >= 4 is 44.7 Å². The number of hydrogen-bond donors (Lipinski definition) is 4. The van der Waals surface area contributed by atoms with E-state index < -0.39 is 74.4 Å². The number of aryl methyl sites for hydroxylation is 1. The largest absolute Gasteiger partial charge is 0.471 e. The minimum absolute atomic E-state index is 0.00304. The number of allylic oxidation sites excluding steroid dienone is 1. The molecule has 51 heavy (non-hydrogen) atoms. The van der Waals surface area contributed by atoms with Crippen LogP contribution in [0.1, 0.15) is 74.0 Å². The summed E-state index contributed by atoms with van der Waals surface area (Å²) in [6.45, 7) is 1.56. The first kappa shape index (κ1) is 34.5. The van der Waals surface area contributed by atoms with Crippen molar-refractivity contribution in [2.75, 3.05) is 6.54 Å². The molecular formula is C34H39FN8O7S. The fourth-order valence-electron chi connectivity index (χ4n) is 6.85. The standard InChI is InChI=1S/C34H39FN8O7S/c1-19-31(39-28-23(35)9-7-11-24(28)37-19)50-21-16-27-30(45)40-34(33(47)42-51(48,49)22-12-13-22)17-20(34)8-5-3-2-4-6-10-26(32(46)43(27)18-21)38-29(44)25-14-15-36-41-25/h5,7-9,11,14-15,20-22,26-27H,2-4,6,10,12-13,16-18H2,1H3,(H,36,41)(H,38,44)(H,40,45)(H,42,47). The number of sulfonamides is 1. The maximum Gasteiger partial charge on any atom is 0.269 e. The number of H-pyrrole nitrogens is 1. The first-order chi connectivity index (χ1) is 24.4. The third kappa shape index (κ3) is 7.16. The average Bonchev–Trinajstić information content (AvgIpc) is 3.95. The second-order valence-corrected chi connectivity index (χ2v) is 15.7. The first-order valence-corrected chi connectivity index (χ1v) is 18.7. The van der Waals surface area contributed by atoms with Crippen molar-refractivity contribution in [1.82, 2.24) is 40.4 Å². The molecule has 0 spiro atoms. The van der Waals surface area contributed by atoms with Crippen LogP contribution in [0, 0.1) is 18.7 Å². The van der Waals surface area contributed by atoms with Gasteiger partial charge in [0.15, 0.2) is 5.82 Å². The van der Waals surface area contributed by atoms with Crippen LogP contribution in [0.15, 0.2) is 42.6 Å². The maximum absolute atomic E-state index is 14.6. The van der Waals surface area contributed by atoms with Crippen LogP contribution in [0.3, 0.4) is 0 Å². The zero-order chi connectivity index (χ0) is 35.9. The van der Waals surface area contributed by atoms with Gasteiger partial charge in [0.25, 0.3) is 11.8 Å². The van der Waals surface area contributed by atoms with Crippen LogP contribution in [0.4, 0.5) is 4.39 Å². The van der Waals surface area contributed by atoms with E-state index in [0.29, 0.717) is 43.3 Å². The van der Waals surface area contributed by atoms with Gasteiger partial charge in [-0.25, -0.2) is 22.8 Å². The molecule has 17 heteroatoms. The van der Waals surface area contributed by atoms with Gasteiger partial charge in [-0.1, -0.05) is 31.1 Å². The van der Waals surface area contributed by atoms with Gasteiger partial charge in [0.1, 0.15) is 40.6 Å². The Hall–Kier alpha value is -4.93. The van der Waals surface area contributed by atoms with E-state index in [4.69, 9.17) is 4.74 Å². The highest BCUT2D eigenvalue weighted by Crippen LogP contribution is 2.46. The molecular weight excluding hydrogens is 683 g/mol. The summed E-state index contributed by atoms with van der Waals surface area (Å²) in [7, 11) is -3.91. The Bertz CT molecular complexity index is 2000. The number of halogens is 1. The molecule has 270 valence electrons. The molecule has 0 bridgehead atoms. The fourth-order valence-corrected chi connectivity index (χ4v) is 8.21. The van der Waals surface area contributed by atoms with Gasteiger partial charge in [0.05, 0.1) is 17.3 Å². The van der Waals surface area contributed by atoms with E-state index in [-0.39, 0.29) is 36.5 Å². The summed E-state index contributed by atoms with van der Waals surface area (Å²) in [6, 6.07) is 3.70. The Morgan fingerprint density at radius 1 is 1.10 bits per heavy atom. The molecule has 3 fully saturated rings. The average molecular weight is 723 g/mol. The molecule has 4 amide bonds. The van der Waals surface area contributed by atoms with Crippen LogP contribution in [-0.4, -0.2) is 92.6 Å². The number of amides is 4. The maximum atomic E-state index is 14.6. The normalized spacial score (nSPS) is 27.1. The summed E-state index contributed by atoms with van der Waals surface area (Å²) in [4.78, 5) is 65.4. The van der Waals surface area contributed by atoms with E-state index in [9.17, 15) is 32.0 Å². The molecule has 5 unspecified atom stereocenters. The molecule has 7 rings (SSSR count). The molecule has 1 saturated heterocycles. The Morgan fingerprint density at radius 2 is 1.92 bits per heavy atom. The molecule has 0 radical (unpaired) electrons. The molecule has 4 aliphatic rings. The van der Waals surface area contributed by atoms with E-state index >= 15 is 0 Å². The SMILES string of the molecule is Cc1nc2cccc(F)c2nc1OC1CC2C(=O)NC3(C(=O)NS(=O)(=O)C4CC4)CC3C=CCCCCCC(NC(=O)c3ccn[nH]3)C(=O)N2C1. The van der Waals surface area contributed by atoms with Crippen LogP contribution >= 0.6 is 0 Å². The lowest BCUT2D eigenvalue weighted by Crippen LogP contribution is -2.58. The zero-order valence-electron chi connectivity index (χ0n) is 27.9. The highest BCUT2D eigenvalue weighted by atomic mass is 32.2. The minimum Gasteiger partial charge on any atom is -0.471 e. The van der Waals surface area contributed by atoms with Crippen LogP contribution in [0.5, 0.6) is 5.88 Å². The number of ether oxygens (including phenoxy) is 1. The summed E-state index contributed by atoms with van der Waals surface area (Å²) in [5.74, 6) is -3.58. The number of fused-ring (bicyclic) bond motifs is 3. The van der Waals surface area contributed by atoms with Crippen molar-refractivity contribution in [1.29, 1.82) is 0 Å². The van der Waals surface area contributed by atoms with E-state index in [1.165, 1.54) is 29.3 Å². The summed E-state index contributed by atoms with van der Waals surface area (Å²) in [5.41, 5.74) is -0.659. The number of carbonyl (C=O) groups excluding carboxylic acids is 4. The van der Waals surface area contributed by atoms with Crippen molar-refractivity contribution in [2.24, 2.45) is 5.92 Å². The number of rotatable bonds is 7. The molecule has 2 aliphatic heterocycles. The molecule has 5 atom stereocenters. The number of aromatic nitrogens is 4. The topological polar surface area (TPSA) is 205 Å². The quantitative estimate of drug-likeness (QED) is 0.261. The number of hydrogen-bond acceptors (Lipinski definition) is 10. The van der Waals surface area contributed by atoms with Crippen molar-refractivity contribution < 1.29 is 36.7 Å². The van der Waals surface area contributed by atoms with Gasteiger partial charge >= 0.3 is 0 Å². The number of nitrogens with zero attached hydrogens (tertiary/aromatic N) is 4. The lowest BCUT2D eigenvalue weighted by atomic mass is 10.0. The lowest BCUT2D eigenvalue weighted by molar-refractivity contribution is -0.141. The van der Waals surface area contributed by atoms with Gasteiger partial charge in [-0.2, -0.15) is 5.10 Å². The summed E-state index contributed by atoms with van der Waals surface area (Å²) in [5, 5.41) is 11.4. The first-order valence-electron chi connectivity index (χ1n) is 17.2. The number of nitrogens with one attached hydrogen (secondary N) is 4. The van der Waals surface area contributed by atoms with Crippen LogP contribution < -0.4 is 20.1 Å². The van der Waals surface area contributed by atoms with Crippen molar-refractivity contribution in [2.45, 2.75) is 93.7 Å². The third-order valence-corrected chi connectivity index (χ3v) is 11.8. The Labute approximate surface area is 293 Å². The number of carbonyl (C=O) groups is 4. The van der Waals surface area contributed by atoms with Crippen molar-refractivity contribution in [3.8, 4) is 5.88 Å². The van der Waals surface area contributed by atoms with E-state index in [1.807, 2.05) is 12.2 Å². The third-order valence-electron chi connectivity index (χ3n) is 9.95. The van der Waals surface area contributed by atoms with Crippen LogP contribution in [0.25, 0.3) is 11.0 Å². The van der Waals surface area contributed by atoms with Crippen LogP contribution in [0.2, 0.25) is 0 Å². The fraction of sp³-hybridized carbons (Fsp3) is 0.500. The highest BCUT2D eigenvalue weighted by molar-refractivity contribution is 7.91. The van der Waals surface area contributed by atoms with Gasteiger partial charge in [-0.05, 0) is 63.6 Å². The molecule has 2 aliphatic carbocycles. The van der Waals surface area contributed by atoms with Gasteiger partial charge < -0.3 is 20.3 Å². The number of aromatic amines is 1. The van der Waals surface area contributed by atoms with Gasteiger partial charge in [0, 0.05) is 18.5 Å². The van der Waals surface area contributed by atoms with Crippen LogP contribution in [-0.2, 0) is 24.4 Å². The van der Waals surface area contributed by atoms with E-state index in [1.54, 1.807) is 13.0 Å². The molecule has 3 aromatic rings. The predicted octanol–water partition coefficient (Wildman–Crippen LogP) is 1.95. The molecule has 15 nitrogen and oxygen atoms in total. The molecule has 4 heterocycles. The van der Waals surface area contributed by atoms with Gasteiger partial charge in [-0.3, -0.25) is 29.0 Å². The Balaban J connectivity index is 1.20. The molecule has 2 aromatic heterocycles. The molecule has 4 N–H and O–H groups in total. The molecule has 2 saturated carbocycles. The smallest absolute Gasteiger partial charge is 0.269 e. The van der Waals surface area contributed by atoms with Gasteiger partial charge in [-0.15, -0.1) is 0 Å². The minimum atomic E-state index is -3.91. The van der Waals surface area contributed by atoms with Gasteiger partial charge in [0.2, 0.25) is 27.7 Å². The second-order valence-electron chi connectivity index (χ2n) is 13.7. The van der Waals surface area contributed by atoms with E-state index in [2.05, 4.69) is 35.5 Å².